The van der Waals surface area contributed by atoms with Gasteiger partial charge in [0.05, 0.1) is 41.7 Å². The van der Waals surface area contributed by atoms with Crippen LogP contribution in [0.4, 0.5) is 24.1 Å². The molecule has 2 aromatic heterocycles. The van der Waals surface area contributed by atoms with E-state index in [1.165, 1.54) is 29.7 Å². The summed E-state index contributed by atoms with van der Waals surface area (Å²) < 4.78 is 45.9. The van der Waals surface area contributed by atoms with E-state index in [9.17, 15) is 23.1 Å². The molecule has 2 aliphatic rings. The average Bonchev–Trinajstić information content (AvgIpc) is 3.61. The number of hydrogen-bond acceptors (Lipinski definition) is 11. The number of alkyl halides is 3. The third-order valence-corrected chi connectivity index (χ3v) is 9.41. The lowest BCUT2D eigenvalue weighted by Gasteiger charge is -2.35. The number of carbonyl (C=O) groups excluding carboxylic acids is 1. The van der Waals surface area contributed by atoms with Gasteiger partial charge in [-0.25, -0.2) is 9.97 Å². The topological polar surface area (TPSA) is 107 Å². The summed E-state index contributed by atoms with van der Waals surface area (Å²) >= 11 is 7.17. The van der Waals surface area contributed by atoms with Crippen LogP contribution in [0.25, 0.3) is 11.3 Å². The number of piperazine rings is 1. The van der Waals surface area contributed by atoms with Crippen LogP contribution in [-0.4, -0.2) is 87.7 Å². The number of nitrogens with one attached hydrogen (secondary N) is 1. The number of nitrogens with zero attached hydrogens (tertiary/aromatic N) is 6. The van der Waals surface area contributed by atoms with Crippen LogP contribution in [0.5, 0.6) is 0 Å². The molecule has 5 rings (SSSR count). The molecule has 3 aromatic rings. The van der Waals surface area contributed by atoms with E-state index in [-0.39, 0.29) is 16.7 Å². The predicted octanol–water partition coefficient (Wildman–Crippen LogP) is 5.43. The molecule has 2 aliphatic heterocycles. The molecule has 0 spiro atoms. The molecule has 2 fully saturated rings. The van der Waals surface area contributed by atoms with Crippen molar-refractivity contribution in [3.63, 3.8) is 0 Å². The lowest BCUT2D eigenvalue weighted by Crippen LogP contribution is -2.47. The molecule has 10 nitrogen and oxygen atoms in total. The van der Waals surface area contributed by atoms with Crippen molar-refractivity contribution in [2.45, 2.75) is 58.1 Å². The van der Waals surface area contributed by atoms with Crippen molar-refractivity contribution in [1.29, 1.82) is 0 Å². The molecular weight excluding hydrogens is 631 g/mol. The van der Waals surface area contributed by atoms with Gasteiger partial charge in [-0.15, -0.1) is 11.3 Å². The highest BCUT2D eigenvalue weighted by Gasteiger charge is 2.34. The first kappa shape index (κ1) is 33.3. The fourth-order valence-corrected chi connectivity index (χ4v) is 6.81. The van der Waals surface area contributed by atoms with E-state index < -0.39 is 18.0 Å². The molecule has 0 aliphatic carbocycles. The standard InChI is InChI=1S/C30H37ClF3N7O3S/c1-3-44-26(42)8-10-39-11-13-40(14-12-39)25-17-35-23(16-36-25)28(43)38-29-37-27(24(45-29)18-41-9-4-5-19(41)2)20-6-7-22(31)21(15-20)30(32,33)34/h6-7,15-17,19,28,43H,3-5,8-14,18H2,1-2H3,(H,37,38)/t19-,28?/m1/s1. The normalized spacial score (nSPS) is 18.7. The van der Waals surface area contributed by atoms with Gasteiger partial charge < -0.3 is 20.1 Å². The van der Waals surface area contributed by atoms with E-state index in [4.69, 9.17) is 16.3 Å². The number of carbonyl (C=O) groups is 1. The Morgan fingerprint density at radius 1 is 1.20 bits per heavy atom. The van der Waals surface area contributed by atoms with Crippen LogP contribution in [0.3, 0.4) is 0 Å². The summed E-state index contributed by atoms with van der Waals surface area (Å²) in [5, 5.41) is 13.9. The largest absolute Gasteiger partial charge is 0.466 e. The second-order valence-corrected chi connectivity index (χ2v) is 12.7. The highest BCUT2D eigenvalue weighted by molar-refractivity contribution is 7.16. The van der Waals surface area contributed by atoms with Crippen molar-refractivity contribution < 1.29 is 27.8 Å². The van der Waals surface area contributed by atoms with Gasteiger partial charge in [0.1, 0.15) is 11.5 Å². The van der Waals surface area contributed by atoms with Crippen LogP contribution in [0.15, 0.2) is 30.6 Å². The minimum absolute atomic E-state index is 0.194. The van der Waals surface area contributed by atoms with Crippen LogP contribution in [-0.2, 0) is 22.3 Å². The molecule has 2 saturated heterocycles. The molecule has 15 heteroatoms. The lowest BCUT2D eigenvalue weighted by atomic mass is 10.1. The monoisotopic (exact) mass is 667 g/mol. The second kappa shape index (κ2) is 14.6. The van der Waals surface area contributed by atoms with E-state index in [0.717, 1.165) is 56.5 Å². The number of aliphatic hydroxyl groups excluding tert-OH is 1. The first-order chi connectivity index (χ1) is 21.5. The van der Waals surface area contributed by atoms with Crippen molar-refractivity contribution in [1.82, 2.24) is 24.8 Å². The van der Waals surface area contributed by atoms with E-state index >= 15 is 0 Å². The van der Waals surface area contributed by atoms with Gasteiger partial charge in [-0.1, -0.05) is 17.7 Å². The first-order valence-electron chi connectivity index (χ1n) is 15.0. The van der Waals surface area contributed by atoms with Gasteiger partial charge in [0.15, 0.2) is 11.4 Å². The van der Waals surface area contributed by atoms with Gasteiger partial charge in [0, 0.05) is 55.8 Å². The molecule has 0 bridgehead atoms. The van der Waals surface area contributed by atoms with Gasteiger partial charge >= 0.3 is 12.1 Å². The Hall–Kier alpha value is -3.04. The number of benzene rings is 1. The summed E-state index contributed by atoms with van der Waals surface area (Å²) in [6.07, 6.45) is -0.271. The van der Waals surface area contributed by atoms with E-state index in [1.54, 1.807) is 13.1 Å². The van der Waals surface area contributed by atoms with Gasteiger partial charge in [0.2, 0.25) is 0 Å². The maximum absolute atomic E-state index is 13.6. The molecule has 4 heterocycles. The Labute approximate surface area is 269 Å². The number of thiazole rings is 1. The summed E-state index contributed by atoms with van der Waals surface area (Å²) in [6, 6.07) is 4.15. The summed E-state index contributed by atoms with van der Waals surface area (Å²) in [4.78, 5) is 32.6. The Bertz CT molecular complexity index is 1450. The molecule has 0 radical (unpaired) electrons. The molecular formula is C30H37ClF3N7O3S. The number of ether oxygens (including phenoxy) is 1. The number of aliphatic hydroxyl groups is 1. The zero-order valence-electron chi connectivity index (χ0n) is 25.2. The highest BCUT2D eigenvalue weighted by atomic mass is 35.5. The minimum Gasteiger partial charge on any atom is -0.466 e. The molecule has 1 unspecified atom stereocenters. The maximum atomic E-state index is 13.6. The van der Waals surface area contributed by atoms with E-state index in [0.29, 0.717) is 54.4 Å². The van der Waals surface area contributed by atoms with Gasteiger partial charge in [0.25, 0.3) is 0 Å². The third-order valence-electron chi connectivity index (χ3n) is 8.11. The number of anilines is 2. The number of aromatic nitrogens is 3. The Morgan fingerprint density at radius 2 is 1.98 bits per heavy atom. The number of esters is 1. The zero-order chi connectivity index (χ0) is 32.1. The summed E-state index contributed by atoms with van der Waals surface area (Å²) in [5.74, 6) is 0.485. The molecule has 2 atom stereocenters. The van der Waals surface area contributed by atoms with Gasteiger partial charge in [-0.2, -0.15) is 13.2 Å². The van der Waals surface area contributed by atoms with Crippen molar-refractivity contribution in [3.8, 4) is 11.3 Å². The summed E-state index contributed by atoms with van der Waals surface area (Å²) in [7, 11) is 0. The third kappa shape index (κ3) is 8.41. The average molecular weight is 668 g/mol. The van der Waals surface area contributed by atoms with Crippen LogP contribution in [0, 0.1) is 0 Å². The van der Waals surface area contributed by atoms with Gasteiger partial charge in [-0.3, -0.25) is 19.6 Å². The molecule has 2 N–H and O–H groups in total. The highest BCUT2D eigenvalue weighted by Crippen LogP contribution is 2.40. The van der Waals surface area contributed by atoms with Crippen LogP contribution < -0.4 is 10.2 Å². The summed E-state index contributed by atoms with van der Waals surface area (Å²) in [5.41, 5.74) is 0.0820. The number of hydrogen-bond donors (Lipinski definition) is 2. The Morgan fingerprint density at radius 3 is 2.62 bits per heavy atom. The van der Waals surface area contributed by atoms with Gasteiger partial charge in [-0.05, 0) is 45.4 Å². The molecule has 0 amide bonds. The molecule has 45 heavy (non-hydrogen) atoms. The lowest BCUT2D eigenvalue weighted by molar-refractivity contribution is -0.143. The Kier molecular flexibility index (Phi) is 10.8. The number of halogens is 4. The Balaban J connectivity index is 1.26. The van der Waals surface area contributed by atoms with E-state index in [1.807, 2.05) is 0 Å². The minimum atomic E-state index is -4.60. The number of likely N-dealkylation sites (tertiary alicyclic amines) is 1. The van der Waals surface area contributed by atoms with Crippen molar-refractivity contribution in [2.24, 2.45) is 0 Å². The van der Waals surface area contributed by atoms with Crippen LogP contribution in [0.2, 0.25) is 5.02 Å². The fraction of sp³-hybridized carbons (Fsp3) is 0.533. The quantitative estimate of drug-likeness (QED) is 0.203. The SMILES string of the molecule is CCOC(=O)CCN1CCN(c2cnc(C(O)Nc3nc(-c4ccc(Cl)c(C(F)(F)F)c4)c(CN4CCC[C@H]4C)s3)cn2)CC1. The zero-order valence-corrected chi connectivity index (χ0v) is 26.8. The molecule has 0 saturated carbocycles. The maximum Gasteiger partial charge on any atom is 0.417 e. The van der Waals surface area contributed by atoms with Crippen molar-refractivity contribution in [3.05, 3.63) is 51.7 Å². The smallest absolute Gasteiger partial charge is 0.417 e. The number of rotatable bonds is 11. The molecule has 1 aromatic carbocycles. The van der Waals surface area contributed by atoms with Crippen molar-refractivity contribution >= 4 is 39.9 Å². The second-order valence-electron chi connectivity index (χ2n) is 11.2. The molecule has 244 valence electrons. The van der Waals surface area contributed by atoms with Crippen LogP contribution in [0.1, 0.15) is 55.5 Å². The van der Waals surface area contributed by atoms with E-state index in [2.05, 4.69) is 41.9 Å². The van der Waals surface area contributed by atoms with Crippen LogP contribution >= 0.6 is 22.9 Å². The summed E-state index contributed by atoms with van der Waals surface area (Å²) in [6.45, 7) is 9.36. The van der Waals surface area contributed by atoms with Crippen molar-refractivity contribution in [2.75, 3.05) is 56.1 Å². The fourth-order valence-electron chi connectivity index (χ4n) is 5.56. The predicted molar refractivity (Wildman–Crippen MR) is 167 cm³/mol. The first-order valence-corrected chi connectivity index (χ1v) is 16.2.